The van der Waals surface area contributed by atoms with Gasteiger partial charge in [0.25, 0.3) is 0 Å². The number of rotatable bonds is 4. The third-order valence-electron chi connectivity index (χ3n) is 8.11. The lowest BCUT2D eigenvalue weighted by molar-refractivity contribution is -0.273. The maximum Gasteiger partial charge on any atom is 0.303 e. The highest BCUT2D eigenvalue weighted by Gasteiger charge is 2.48. The van der Waals surface area contributed by atoms with Gasteiger partial charge in [-0.2, -0.15) is 0 Å². The molecule has 0 radical (unpaired) electrons. The number of aliphatic hydroxyl groups excluding tert-OH is 2. The molecule has 1 heterocycles. The summed E-state index contributed by atoms with van der Waals surface area (Å²) < 4.78 is 17.5. The molecule has 0 saturated carbocycles. The lowest BCUT2D eigenvalue weighted by atomic mass is 9.62. The minimum absolute atomic E-state index is 0.0615. The Hall–Kier alpha value is -2.09. The number of hydrogen-bond acceptors (Lipinski definition) is 7. The van der Waals surface area contributed by atoms with Gasteiger partial charge in [-0.05, 0) is 81.4 Å². The van der Waals surface area contributed by atoms with Crippen LogP contribution in [0.1, 0.15) is 101 Å². The van der Waals surface area contributed by atoms with Gasteiger partial charge in [-0.25, -0.2) is 0 Å². The number of aromatic hydroxyl groups is 1. The van der Waals surface area contributed by atoms with E-state index in [1.54, 1.807) is 6.92 Å². The SMILES string of the molecule is CC(=O)OC1C(Oc2c(O)c(C)c3c4c2[C@H](C)CC[C@@H]4[C@@H](C)C[C@@H]3C=C(C)C)OC(C)C(O)C1O. The molecular formula is C28H40O7. The number of hydrogen-bond donors (Lipinski definition) is 3. The fourth-order valence-electron chi connectivity index (χ4n) is 6.43. The molecule has 1 saturated heterocycles. The van der Waals surface area contributed by atoms with E-state index in [-0.39, 0.29) is 17.6 Å². The summed E-state index contributed by atoms with van der Waals surface area (Å²) in [5.74, 6) is 1.02. The lowest BCUT2D eigenvalue weighted by Crippen LogP contribution is -2.59. The number of phenols is 1. The molecule has 0 bridgehead atoms. The Morgan fingerprint density at radius 3 is 2.34 bits per heavy atom. The van der Waals surface area contributed by atoms with Crippen LogP contribution in [0.4, 0.5) is 0 Å². The van der Waals surface area contributed by atoms with Crippen molar-refractivity contribution in [1.82, 2.24) is 0 Å². The summed E-state index contributed by atoms with van der Waals surface area (Å²) in [5.41, 5.74) is 5.49. The Labute approximate surface area is 208 Å². The van der Waals surface area contributed by atoms with E-state index in [4.69, 9.17) is 14.2 Å². The summed E-state index contributed by atoms with van der Waals surface area (Å²) in [6.07, 6.45) is -0.347. The first-order valence-corrected chi connectivity index (χ1v) is 12.8. The van der Waals surface area contributed by atoms with Crippen LogP contribution in [0, 0.1) is 12.8 Å². The Bertz CT molecular complexity index is 1010. The molecule has 2 aliphatic carbocycles. The van der Waals surface area contributed by atoms with E-state index in [0.29, 0.717) is 17.6 Å². The van der Waals surface area contributed by atoms with E-state index < -0.39 is 36.7 Å². The third kappa shape index (κ3) is 4.58. The highest BCUT2D eigenvalue weighted by Crippen LogP contribution is 2.58. The van der Waals surface area contributed by atoms with Gasteiger partial charge in [0.2, 0.25) is 6.29 Å². The van der Waals surface area contributed by atoms with E-state index in [1.807, 2.05) is 6.92 Å². The Kier molecular flexibility index (Phi) is 7.24. The van der Waals surface area contributed by atoms with Gasteiger partial charge < -0.3 is 29.5 Å². The van der Waals surface area contributed by atoms with Crippen LogP contribution in [-0.2, 0) is 14.3 Å². The van der Waals surface area contributed by atoms with E-state index in [2.05, 4.69) is 33.8 Å². The van der Waals surface area contributed by atoms with Crippen molar-refractivity contribution in [3.05, 3.63) is 33.9 Å². The monoisotopic (exact) mass is 488 g/mol. The molecule has 5 unspecified atom stereocenters. The third-order valence-corrected chi connectivity index (χ3v) is 8.11. The zero-order valence-corrected chi connectivity index (χ0v) is 21.9. The van der Waals surface area contributed by atoms with Crippen LogP contribution in [-0.4, -0.2) is 52.0 Å². The van der Waals surface area contributed by atoms with Gasteiger partial charge in [0.15, 0.2) is 17.6 Å². The van der Waals surface area contributed by atoms with Gasteiger partial charge >= 0.3 is 5.97 Å². The number of carbonyl (C=O) groups excluding carboxylic acids is 1. The fourth-order valence-corrected chi connectivity index (χ4v) is 6.43. The second-order valence-electron chi connectivity index (χ2n) is 11.1. The Morgan fingerprint density at radius 2 is 1.71 bits per heavy atom. The molecule has 7 heteroatoms. The molecule has 0 aromatic heterocycles. The normalized spacial score (nSPS) is 36.2. The van der Waals surface area contributed by atoms with Crippen molar-refractivity contribution in [3.8, 4) is 11.5 Å². The zero-order chi connectivity index (χ0) is 25.8. The van der Waals surface area contributed by atoms with Crippen LogP contribution in [0.3, 0.4) is 0 Å². The predicted octanol–water partition coefficient (Wildman–Crippen LogP) is 4.55. The van der Waals surface area contributed by atoms with Crippen molar-refractivity contribution in [2.75, 3.05) is 0 Å². The molecule has 4 rings (SSSR count). The molecule has 0 spiro atoms. The number of aliphatic hydroxyl groups is 2. The van der Waals surface area contributed by atoms with Crippen LogP contribution in [0.15, 0.2) is 11.6 Å². The topological polar surface area (TPSA) is 105 Å². The largest absolute Gasteiger partial charge is 0.504 e. The molecular weight excluding hydrogens is 448 g/mol. The summed E-state index contributed by atoms with van der Waals surface area (Å²) in [7, 11) is 0. The Balaban J connectivity index is 1.86. The van der Waals surface area contributed by atoms with Crippen molar-refractivity contribution < 1.29 is 34.3 Å². The summed E-state index contributed by atoms with van der Waals surface area (Å²) >= 11 is 0. The van der Waals surface area contributed by atoms with Gasteiger partial charge in [-0.1, -0.05) is 25.5 Å². The van der Waals surface area contributed by atoms with Gasteiger partial charge in [0, 0.05) is 18.4 Å². The summed E-state index contributed by atoms with van der Waals surface area (Å²) in [6.45, 7) is 13.5. The van der Waals surface area contributed by atoms with E-state index in [1.165, 1.54) is 23.6 Å². The first kappa shape index (κ1) is 26.0. The molecule has 3 N–H and O–H groups in total. The molecule has 7 nitrogen and oxygen atoms in total. The average molecular weight is 489 g/mol. The number of benzene rings is 1. The molecule has 3 aliphatic rings. The maximum absolute atomic E-state index is 11.8. The summed E-state index contributed by atoms with van der Waals surface area (Å²) in [5, 5.41) is 32.4. The van der Waals surface area contributed by atoms with Gasteiger partial charge in [-0.3, -0.25) is 4.79 Å². The van der Waals surface area contributed by atoms with Crippen LogP contribution >= 0.6 is 0 Å². The summed E-state index contributed by atoms with van der Waals surface area (Å²) in [4.78, 5) is 11.8. The molecule has 1 aromatic carbocycles. The van der Waals surface area contributed by atoms with Gasteiger partial charge in [0.1, 0.15) is 12.2 Å². The van der Waals surface area contributed by atoms with Crippen LogP contribution in [0.2, 0.25) is 0 Å². The number of phenolic OH excluding ortho intramolecular Hbond substituents is 1. The predicted molar refractivity (Wildman–Crippen MR) is 132 cm³/mol. The molecule has 1 fully saturated rings. The van der Waals surface area contributed by atoms with Crippen molar-refractivity contribution in [3.63, 3.8) is 0 Å². The number of allylic oxidation sites excluding steroid dienone is 2. The molecule has 0 amide bonds. The summed E-state index contributed by atoms with van der Waals surface area (Å²) in [6, 6.07) is 0. The van der Waals surface area contributed by atoms with E-state index in [0.717, 1.165) is 30.4 Å². The first-order chi connectivity index (χ1) is 16.4. The zero-order valence-electron chi connectivity index (χ0n) is 21.9. The number of esters is 1. The lowest BCUT2D eigenvalue weighted by Gasteiger charge is -2.45. The molecule has 194 valence electrons. The quantitative estimate of drug-likeness (QED) is 0.422. The Morgan fingerprint density at radius 1 is 1.03 bits per heavy atom. The highest BCUT2D eigenvalue weighted by molar-refractivity contribution is 5.66. The van der Waals surface area contributed by atoms with Crippen LogP contribution in [0.25, 0.3) is 0 Å². The van der Waals surface area contributed by atoms with Crippen LogP contribution < -0.4 is 4.74 Å². The van der Waals surface area contributed by atoms with Crippen molar-refractivity contribution in [2.45, 2.75) is 116 Å². The maximum atomic E-state index is 11.8. The first-order valence-electron chi connectivity index (χ1n) is 12.8. The van der Waals surface area contributed by atoms with Crippen LogP contribution in [0.5, 0.6) is 11.5 Å². The molecule has 9 atom stereocenters. The minimum atomic E-state index is -1.38. The molecule has 1 aliphatic heterocycles. The number of carbonyl (C=O) groups is 1. The van der Waals surface area contributed by atoms with Crippen molar-refractivity contribution in [1.29, 1.82) is 0 Å². The number of ether oxygens (including phenoxy) is 3. The highest BCUT2D eigenvalue weighted by atomic mass is 16.7. The molecule has 35 heavy (non-hydrogen) atoms. The van der Waals surface area contributed by atoms with Gasteiger partial charge in [0.05, 0.1) is 6.10 Å². The van der Waals surface area contributed by atoms with E-state index >= 15 is 0 Å². The van der Waals surface area contributed by atoms with Crippen molar-refractivity contribution >= 4 is 5.97 Å². The second-order valence-corrected chi connectivity index (χ2v) is 11.1. The average Bonchev–Trinajstić information content (AvgIpc) is 2.77. The van der Waals surface area contributed by atoms with Gasteiger partial charge in [-0.15, -0.1) is 0 Å². The molecule has 1 aromatic rings. The standard InChI is InChI=1S/C28H40O7/c1-12(2)10-18-11-14(4)19-9-8-13(3)20-22(19)21(18)15(5)23(30)26(20)35-28-27(34-17(7)29)25(32)24(31)16(6)33-28/h10,13-14,16,18-19,24-25,27-28,30-32H,8-9,11H2,1-7H3/t13-,14+,16?,18+,19-,24?,25?,27?,28?/m1/s1. The smallest absolute Gasteiger partial charge is 0.303 e. The van der Waals surface area contributed by atoms with Crippen molar-refractivity contribution in [2.24, 2.45) is 5.92 Å². The minimum Gasteiger partial charge on any atom is -0.504 e. The van der Waals surface area contributed by atoms with E-state index in [9.17, 15) is 20.1 Å². The second kappa shape index (κ2) is 9.75. The fraction of sp³-hybridized carbons (Fsp3) is 0.679.